The van der Waals surface area contributed by atoms with Crippen molar-refractivity contribution in [3.63, 3.8) is 0 Å². The molecule has 2 aliphatic heterocycles. The second-order valence-electron chi connectivity index (χ2n) is 10.4. The number of nitrogens with zero attached hydrogens (tertiary/aromatic N) is 4. The van der Waals surface area contributed by atoms with Crippen LogP contribution in [0.2, 0.25) is 0 Å². The standard InChI is InChI=1S/C31H37N5O3/c1-33-14-16-34(17-15-33)27-10-6-24(7-11-27)20-35(22-26-4-3-5-29(18-26)39-2)28-12-8-25(9-13-28)21-36-23-30(37)32-19-31(36)38/h3-13,18H,14-17,19-23H2,1-2H3,(H,32,37). The summed E-state index contributed by atoms with van der Waals surface area (Å²) in [5, 5.41) is 2.60. The lowest BCUT2D eigenvalue weighted by Gasteiger charge is -2.34. The lowest BCUT2D eigenvalue weighted by molar-refractivity contribution is -0.141. The van der Waals surface area contributed by atoms with E-state index in [-0.39, 0.29) is 24.9 Å². The first-order valence-corrected chi connectivity index (χ1v) is 13.5. The van der Waals surface area contributed by atoms with Gasteiger partial charge in [0, 0.05) is 57.2 Å². The Kier molecular flexibility index (Phi) is 8.32. The second kappa shape index (κ2) is 12.2. The van der Waals surface area contributed by atoms with Gasteiger partial charge in [0.2, 0.25) is 11.8 Å². The fourth-order valence-corrected chi connectivity index (χ4v) is 5.11. The molecule has 0 spiro atoms. The predicted octanol–water partition coefficient (Wildman–Crippen LogP) is 3.11. The highest BCUT2D eigenvalue weighted by molar-refractivity contribution is 5.92. The molecule has 204 valence electrons. The van der Waals surface area contributed by atoms with Gasteiger partial charge in [-0.1, -0.05) is 36.4 Å². The zero-order valence-corrected chi connectivity index (χ0v) is 22.8. The van der Waals surface area contributed by atoms with Crippen molar-refractivity contribution in [3.05, 3.63) is 89.5 Å². The fourth-order valence-electron chi connectivity index (χ4n) is 5.11. The maximum atomic E-state index is 12.2. The minimum absolute atomic E-state index is 0.0571. The molecule has 0 aromatic heterocycles. The molecule has 2 aliphatic rings. The molecular weight excluding hydrogens is 490 g/mol. The Balaban J connectivity index is 1.32. The molecule has 0 aliphatic carbocycles. The van der Waals surface area contributed by atoms with Gasteiger partial charge in [-0.15, -0.1) is 0 Å². The van der Waals surface area contributed by atoms with Gasteiger partial charge < -0.3 is 29.7 Å². The Morgan fingerprint density at radius 1 is 0.846 bits per heavy atom. The van der Waals surface area contributed by atoms with Crippen molar-refractivity contribution in [1.82, 2.24) is 15.1 Å². The molecule has 3 aromatic rings. The van der Waals surface area contributed by atoms with Crippen molar-refractivity contribution in [2.75, 3.05) is 63.2 Å². The quantitative estimate of drug-likeness (QED) is 0.461. The van der Waals surface area contributed by atoms with E-state index >= 15 is 0 Å². The number of carbonyl (C=O) groups excluding carboxylic acids is 2. The maximum absolute atomic E-state index is 12.2. The fraction of sp³-hybridized carbons (Fsp3) is 0.355. The smallest absolute Gasteiger partial charge is 0.242 e. The normalized spacial score (nSPS) is 16.3. The number of carbonyl (C=O) groups is 2. The van der Waals surface area contributed by atoms with Crippen LogP contribution in [0, 0.1) is 0 Å². The first-order valence-electron chi connectivity index (χ1n) is 13.5. The van der Waals surface area contributed by atoms with Gasteiger partial charge in [-0.2, -0.15) is 0 Å². The SMILES string of the molecule is COc1cccc(CN(Cc2ccc(N3CCN(C)CC3)cc2)c2ccc(CN3CC(=O)NCC3=O)cc2)c1. The summed E-state index contributed by atoms with van der Waals surface area (Å²) < 4.78 is 5.46. The summed E-state index contributed by atoms with van der Waals surface area (Å²) in [6.07, 6.45) is 0. The zero-order valence-electron chi connectivity index (χ0n) is 22.8. The lowest BCUT2D eigenvalue weighted by Crippen LogP contribution is -2.50. The Labute approximate surface area is 230 Å². The van der Waals surface area contributed by atoms with Crippen LogP contribution in [0.5, 0.6) is 5.75 Å². The van der Waals surface area contributed by atoms with Gasteiger partial charge in [0.25, 0.3) is 0 Å². The monoisotopic (exact) mass is 527 g/mol. The van der Waals surface area contributed by atoms with Gasteiger partial charge in [0.05, 0.1) is 20.2 Å². The number of hydrogen-bond donors (Lipinski definition) is 1. The summed E-state index contributed by atoms with van der Waals surface area (Å²) in [5.74, 6) is 0.669. The summed E-state index contributed by atoms with van der Waals surface area (Å²) in [7, 11) is 3.86. The summed E-state index contributed by atoms with van der Waals surface area (Å²) >= 11 is 0. The Morgan fingerprint density at radius 3 is 2.26 bits per heavy atom. The number of piperazine rings is 2. The average molecular weight is 528 g/mol. The van der Waals surface area contributed by atoms with Crippen molar-refractivity contribution in [2.45, 2.75) is 19.6 Å². The van der Waals surface area contributed by atoms with Crippen LogP contribution in [0.4, 0.5) is 11.4 Å². The Hall–Kier alpha value is -4.04. The van der Waals surface area contributed by atoms with Crippen LogP contribution >= 0.6 is 0 Å². The first kappa shape index (κ1) is 26.6. The molecule has 5 rings (SSSR count). The molecule has 1 N–H and O–H groups in total. The maximum Gasteiger partial charge on any atom is 0.242 e. The molecule has 0 radical (unpaired) electrons. The van der Waals surface area contributed by atoms with E-state index in [0.717, 1.165) is 61.8 Å². The van der Waals surface area contributed by atoms with Gasteiger partial charge in [-0.05, 0) is 60.1 Å². The molecule has 0 saturated carbocycles. The molecule has 2 amide bonds. The van der Waals surface area contributed by atoms with Gasteiger partial charge in [0.1, 0.15) is 5.75 Å². The number of rotatable bonds is 9. The number of ether oxygens (including phenoxy) is 1. The zero-order chi connectivity index (χ0) is 27.2. The van der Waals surface area contributed by atoms with Crippen molar-refractivity contribution in [3.8, 4) is 5.75 Å². The molecule has 2 heterocycles. The Bertz CT molecular complexity index is 1270. The molecular formula is C31H37N5O3. The van der Waals surface area contributed by atoms with Crippen molar-refractivity contribution >= 4 is 23.2 Å². The highest BCUT2D eigenvalue weighted by Gasteiger charge is 2.23. The van der Waals surface area contributed by atoms with Crippen LogP contribution in [0.15, 0.2) is 72.8 Å². The van der Waals surface area contributed by atoms with E-state index in [1.807, 2.05) is 24.3 Å². The van der Waals surface area contributed by atoms with Crippen LogP contribution in [-0.2, 0) is 29.2 Å². The van der Waals surface area contributed by atoms with Gasteiger partial charge in [-0.25, -0.2) is 0 Å². The van der Waals surface area contributed by atoms with Crippen molar-refractivity contribution < 1.29 is 14.3 Å². The number of nitrogens with one attached hydrogen (secondary N) is 1. The van der Waals surface area contributed by atoms with Crippen LogP contribution in [0.25, 0.3) is 0 Å². The number of amides is 2. The van der Waals surface area contributed by atoms with E-state index in [1.165, 1.54) is 11.3 Å². The van der Waals surface area contributed by atoms with Gasteiger partial charge >= 0.3 is 0 Å². The molecule has 39 heavy (non-hydrogen) atoms. The van der Waals surface area contributed by atoms with E-state index in [4.69, 9.17) is 4.74 Å². The highest BCUT2D eigenvalue weighted by atomic mass is 16.5. The summed E-state index contributed by atoms with van der Waals surface area (Å²) in [6, 6.07) is 25.4. The Morgan fingerprint density at radius 2 is 1.54 bits per heavy atom. The van der Waals surface area contributed by atoms with E-state index in [2.05, 4.69) is 75.6 Å². The van der Waals surface area contributed by atoms with Crippen LogP contribution in [-0.4, -0.2) is 75.0 Å². The number of hydrogen-bond acceptors (Lipinski definition) is 6. The molecule has 0 bridgehead atoms. The van der Waals surface area contributed by atoms with Crippen LogP contribution < -0.4 is 19.9 Å². The van der Waals surface area contributed by atoms with Gasteiger partial charge in [-0.3, -0.25) is 9.59 Å². The van der Waals surface area contributed by atoms with Crippen LogP contribution in [0.3, 0.4) is 0 Å². The summed E-state index contributed by atoms with van der Waals surface area (Å²) in [6.45, 7) is 6.36. The minimum atomic E-state index is -0.116. The third kappa shape index (κ3) is 6.89. The topological polar surface area (TPSA) is 68.4 Å². The van der Waals surface area contributed by atoms with E-state index in [9.17, 15) is 9.59 Å². The lowest BCUT2D eigenvalue weighted by atomic mass is 10.1. The highest BCUT2D eigenvalue weighted by Crippen LogP contribution is 2.25. The second-order valence-corrected chi connectivity index (χ2v) is 10.4. The summed E-state index contributed by atoms with van der Waals surface area (Å²) in [4.78, 5) is 32.7. The average Bonchev–Trinajstić information content (AvgIpc) is 2.96. The van der Waals surface area contributed by atoms with Crippen molar-refractivity contribution in [1.29, 1.82) is 0 Å². The van der Waals surface area contributed by atoms with Crippen molar-refractivity contribution in [2.24, 2.45) is 0 Å². The third-order valence-corrected chi connectivity index (χ3v) is 7.48. The van der Waals surface area contributed by atoms with Crippen LogP contribution in [0.1, 0.15) is 16.7 Å². The largest absolute Gasteiger partial charge is 0.497 e. The van der Waals surface area contributed by atoms with Gasteiger partial charge in [0.15, 0.2) is 0 Å². The molecule has 2 saturated heterocycles. The van der Waals surface area contributed by atoms with E-state index < -0.39 is 0 Å². The molecule has 8 nitrogen and oxygen atoms in total. The molecule has 0 atom stereocenters. The van der Waals surface area contributed by atoms with E-state index in [1.54, 1.807) is 12.0 Å². The number of benzene rings is 3. The number of anilines is 2. The molecule has 3 aromatic carbocycles. The number of likely N-dealkylation sites (N-methyl/N-ethyl adjacent to an activating group) is 1. The first-order chi connectivity index (χ1) is 19.0. The van der Waals surface area contributed by atoms with E-state index in [0.29, 0.717) is 6.54 Å². The molecule has 0 unspecified atom stereocenters. The molecule has 8 heteroatoms. The minimum Gasteiger partial charge on any atom is -0.497 e. The third-order valence-electron chi connectivity index (χ3n) is 7.48. The summed E-state index contributed by atoms with van der Waals surface area (Å²) in [5.41, 5.74) is 5.77. The molecule has 2 fully saturated rings. The number of methoxy groups -OCH3 is 1. The predicted molar refractivity (Wildman–Crippen MR) is 154 cm³/mol.